The minimum absolute atomic E-state index is 0.00501. The largest absolute Gasteiger partial charge is 0.507 e. The SMILES string of the molecule is O=c1cccc2n1CC1CC2CN(CCOc2ccc(C3NNCC3c3ccccc3)c(O)c2)C1. The number of phenols is 1. The van der Waals surface area contributed by atoms with Crippen molar-refractivity contribution in [2.24, 2.45) is 5.92 Å². The van der Waals surface area contributed by atoms with Gasteiger partial charge in [0.25, 0.3) is 5.56 Å². The highest BCUT2D eigenvalue weighted by atomic mass is 16.5. The number of likely N-dealkylation sites (tertiary alicyclic amines) is 1. The molecule has 35 heavy (non-hydrogen) atoms. The molecule has 1 aromatic heterocycles. The number of aromatic nitrogens is 1. The highest BCUT2D eigenvalue weighted by Crippen LogP contribution is 2.39. The second kappa shape index (κ2) is 9.49. The van der Waals surface area contributed by atoms with E-state index in [4.69, 9.17) is 4.74 Å². The molecule has 7 nitrogen and oxygen atoms in total. The molecule has 4 unspecified atom stereocenters. The van der Waals surface area contributed by atoms with Gasteiger partial charge in [0.05, 0.1) is 6.04 Å². The van der Waals surface area contributed by atoms with Crippen LogP contribution in [0.5, 0.6) is 11.5 Å². The van der Waals surface area contributed by atoms with Gasteiger partial charge in [-0.05, 0) is 30.0 Å². The van der Waals surface area contributed by atoms with Crippen LogP contribution >= 0.6 is 0 Å². The summed E-state index contributed by atoms with van der Waals surface area (Å²) in [4.78, 5) is 14.7. The van der Waals surface area contributed by atoms with E-state index in [1.807, 2.05) is 28.8 Å². The van der Waals surface area contributed by atoms with Crippen molar-refractivity contribution in [2.75, 3.05) is 32.8 Å². The standard InChI is InChI=1S/C28H32N4O3/c33-26-14-22(9-10-23(26)28-24(15-29-30-28)20-5-2-1-3-6-20)35-12-11-31-16-19-13-21(18-31)25-7-4-8-27(34)32(25)17-19/h1-10,14,19,21,24,28-30,33H,11-13,15-18H2. The third kappa shape index (κ3) is 4.47. The summed E-state index contributed by atoms with van der Waals surface area (Å²) in [6, 6.07) is 21.7. The Labute approximate surface area is 205 Å². The van der Waals surface area contributed by atoms with Crippen LogP contribution in [0.1, 0.15) is 41.1 Å². The van der Waals surface area contributed by atoms with Crippen LogP contribution in [0, 0.1) is 5.92 Å². The molecule has 7 heteroatoms. The number of ether oxygens (including phenoxy) is 1. The summed E-state index contributed by atoms with van der Waals surface area (Å²) in [6.07, 6.45) is 1.16. The van der Waals surface area contributed by atoms with Gasteiger partial charge in [-0.1, -0.05) is 42.5 Å². The van der Waals surface area contributed by atoms with Crippen LogP contribution in [0.15, 0.2) is 71.5 Å². The molecular weight excluding hydrogens is 440 g/mol. The summed E-state index contributed by atoms with van der Waals surface area (Å²) >= 11 is 0. The van der Waals surface area contributed by atoms with Crippen LogP contribution in [0.2, 0.25) is 0 Å². The Bertz CT molecular complexity index is 1240. The number of hydrazine groups is 1. The third-order valence-corrected chi connectivity index (χ3v) is 7.78. The van der Waals surface area contributed by atoms with Crippen molar-refractivity contribution in [2.45, 2.75) is 30.8 Å². The van der Waals surface area contributed by atoms with Crippen LogP contribution in [-0.2, 0) is 6.54 Å². The molecule has 0 aliphatic carbocycles. The smallest absolute Gasteiger partial charge is 0.250 e. The number of hydrogen-bond acceptors (Lipinski definition) is 6. The van der Waals surface area contributed by atoms with E-state index < -0.39 is 0 Å². The van der Waals surface area contributed by atoms with Gasteiger partial charge in [0, 0.05) is 67.9 Å². The number of nitrogens with zero attached hydrogens (tertiary/aromatic N) is 2. The molecule has 3 aliphatic rings. The maximum atomic E-state index is 12.2. The minimum Gasteiger partial charge on any atom is -0.507 e. The molecule has 0 radical (unpaired) electrons. The fourth-order valence-electron chi connectivity index (χ4n) is 6.15. The van der Waals surface area contributed by atoms with Crippen LogP contribution in [0.25, 0.3) is 0 Å². The number of rotatable bonds is 6. The first kappa shape index (κ1) is 22.3. The third-order valence-electron chi connectivity index (χ3n) is 7.78. The number of aromatic hydroxyl groups is 1. The van der Waals surface area contributed by atoms with E-state index in [-0.39, 0.29) is 23.3 Å². The summed E-state index contributed by atoms with van der Waals surface area (Å²) in [5.41, 5.74) is 9.96. The number of benzene rings is 2. The van der Waals surface area contributed by atoms with Gasteiger partial charge < -0.3 is 14.4 Å². The van der Waals surface area contributed by atoms with Gasteiger partial charge in [0.15, 0.2) is 0 Å². The molecule has 0 amide bonds. The van der Waals surface area contributed by atoms with Crippen molar-refractivity contribution in [1.29, 1.82) is 0 Å². The number of fused-ring (bicyclic) bond motifs is 4. The lowest BCUT2D eigenvalue weighted by Gasteiger charge is -2.42. The molecule has 6 rings (SSSR count). The molecule has 2 aromatic carbocycles. The molecule has 3 aliphatic heterocycles. The van der Waals surface area contributed by atoms with Crippen LogP contribution in [0.3, 0.4) is 0 Å². The predicted molar refractivity (Wildman–Crippen MR) is 135 cm³/mol. The zero-order valence-corrected chi connectivity index (χ0v) is 19.8. The van der Waals surface area contributed by atoms with Crippen molar-refractivity contribution < 1.29 is 9.84 Å². The monoisotopic (exact) mass is 472 g/mol. The fourth-order valence-corrected chi connectivity index (χ4v) is 6.15. The minimum atomic E-state index is -0.00501. The first-order valence-electron chi connectivity index (χ1n) is 12.6. The normalized spacial score (nSPS) is 25.8. The van der Waals surface area contributed by atoms with E-state index in [1.165, 1.54) is 11.3 Å². The highest BCUT2D eigenvalue weighted by Gasteiger charge is 2.34. The average Bonchev–Trinajstić information content (AvgIpc) is 3.35. The van der Waals surface area contributed by atoms with Crippen molar-refractivity contribution >= 4 is 0 Å². The van der Waals surface area contributed by atoms with Crippen LogP contribution in [0.4, 0.5) is 0 Å². The molecule has 182 valence electrons. The fraction of sp³-hybridized carbons (Fsp3) is 0.393. The molecule has 4 heterocycles. The maximum Gasteiger partial charge on any atom is 0.250 e. The Hall–Kier alpha value is -3.13. The van der Waals surface area contributed by atoms with E-state index in [2.05, 4.69) is 46.1 Å². The summed E-state index contributed by atoms with van der Waals surface area (Å²) in [7, 11) is 0. The van der Waals surface area contributed by atoms with Crippen molar-refractivity contribution in [1.82, 2.24) is 20.3 Å². The molecule has 0 saturated carbocycles. The maximum absolute atomic E-state index is 12.2. The second-order valence-electron chi connectivity index (χ2n) is 10.0. The van der Waals surface area contributed by atoms with Gasteiger partial charge in [0.2, 0.25) is 0 Å². The van der Waals surface area contributed by atoms with Gasteiger partial charge in [-0.2, -0.15) is 0 Å². The van der Waals surface area contributed by atoms with E-state index in [0.717, 1.165) is 44.7 Å². The molecule has 4 atom stereocenters. The zero-order valence-electron chi connectivity index (χ0n) is 19.8. The summed E-state index contributed by atoms with van der Waals surface area (Å²) in [5, 5.41) is 10.8. The van der Waals surface area contributed by atoms with Gasteiger partial charge in [-0.3, -0.25) is 15.1 Å². The lowest BCUT2D eigenvalue weighted by Crippen LogP contribution is -2.48. The summed E-state index contributed by atoms with van der Waals surface area (Å²) in [6.45, 7) is 4.96. The Morgan fingerprint density at radius 1 is 1.00 bits per heavy atom. The number of piperidine rings is 1. The topological polar surface area (TPSA) is 78.8 Å². The summed E-state index contributed by atoms with van der Waals surface area (Å²) in [5.74, 6) is 2.09. The number of phenolic OH excluding ortho intramolecular Hbond substituents is 1. The Kier molecular flexibility index (Phi) is 6.06. The second-order valence-corrected chi connectivity index (χ2v) is 10.0. The van der Waals surface area contributed by atoms with Crippen molar-refractivity contribution in [3.8, 4) is 11.5 Å². The Morgan fingerprint density at radius 2 is 1.89 bits per heavy atom. The van der Waals surface area contributed by atoms with E-state index in [9.17, 15) is 9.90 Å². The van der Waals surface area contributed by atoms with Crippen LogP contribution in [-0.4, -0.2) is 47.4 Å². The molecule has 2 bridgehead atoms. The average molecular weight is 473 g/mol. The molecular formula is C28H32N4O3. The molecule has 0 spiro atoms. The zero-order chi connectivity index (χ0) is 23.8. The van der Waals surface area contributed by atoms with Crippen LogP contribution < -0.4 is 21.1 Å². The van der Waals surface area contributed by atoms with Gasteiger partial charge in [-0.25, -0.2) is 5.43 Å². The Morgan fingerprint density at radius 3 is 2.74 bits per heavy atom. The number of pyridine rings is 1. The van der Waals surface area contributed by atoms with E-state index in [0.29, 0.717) is 24.2 Å². The lowest BCUT2D eigenvalue weighted by molar-refractivity contribution is 0.104. The van der Waals surface area contributed by atoms with E-state index >= 15 is 0 Å². The molecule has 2 fully saturated rings. The van der Waals surface area contributed by atoms with Gasteiger partial charge in [-0.15, -0.1) is 0 Å². The quantitative estimate of drug-likeness (QED) is 0.512. The van der Waals surface area contributed by atoms with Crippen molar-refractivity contribution in [3.05, 3.63) is 93.9 Å². The first-order valence-corrected chi connectivity index (χ1v) is 12.6. The molecule has 2 saturated heterocycles. The van der Waals surface area contributed by atoms with E-state index in [1.54, 1.807) is 12.1 Å². The van der Waals surface area contributed by atoms with Gasteiger partial charge in [0.1, 0.15) is 18.1 Å². The number of hydrogen-bond donors (Lipinski definition) is 3. The molecule has 3 N–H and O–H groups in total. The first-order chi connectivity index (χ1) is 17.2. The highest BCUT2D eigenvalue weighted by molar-refractivity contribution is 5.43. The van der Waals surface area contributed by atoms with Gasteiger partial charge >= 0.3 is 0 Å². The predicted octanol–water partition coefficient (Wildman–Crippen LogP) is 2.98. The van der Waals surface area contributed by atoms with Crippen molar-refractivity contribution in [3.63, 3.8) is 0 Å². The summed E-state index contributed by atoms with van der Waals surface area (Å²) < 4.78 is 8.00. The molecule has 3 aromatic rings. The Balaban J connectivity index is 1.07. The number of nitrogens with one attached hydrogen (secondary N) is 2. The lowest BCUT2D eigenvalue weighted by atomic mass is 9.83.